The number of para-hydroxylation sites is 1. The number of nitrogens with zero attached hydrogens (tertiary/aromatic N) is 2. The fourth-order valence-electron chi connectivity index (χ4n) is 3.07. The standard InChI is InChI=1S/C15H23N3.C2H6/c1-2-4-15(5-3-1)18-11-10-17(13-18)12-14-6-8-16-9-7-14;1-2/h1-5,14,16H,6-13H2;1-2H3. The number of piperidine rings is 1. The molecule has 0 radical (unpaired) electrons. The first-order valence-corrected chi connectivity index (χ1v) is 8.15. The van der Waals surface area contributed by atoms with Gasteiger partial charge >= 0.3 is 0 Å². The molecule has 0 atom stereocenters. The van der Waals surface area contributed by atoms with Crippen LogP contribution in [0, 0.1) is 5.92 Å². The van der Waals surface area contributed by atoms with Crippen LogP contribution in [0.1, 0.15) is 26.7 Å². The molecule has 3 nitrogen and oxygen atoms in total. The first kappa shape index (κ1) is 15.3. The van der Waals surface area contributed by atoms with E-state index in [2.05, 4.69) is 45.4 Å². The number of hydrogen-bond acceptors (Lipinski definition) is 3. The van der Waals surface area contributed by atoms with Crippen molar-refractivity contribution in [3.63, 3.8) is 0 Å². The van der Waals surface area contributed by atoms with E-state index in [0.717, 1.165) is 12.6 Å². The van der Waals surface area contributed by atoms with Crippen molar-refractivity contribution < 1.29 is 0 Å². The highest BCUT2D eigenvalue weighted by molar-refractivity contribution is 5.46. The van der Waals surface area contributed by atoms with Gasteiger partial charge in [0, 0.05) is 25.3 Å². The second kappa shape index (κ2) is 8.28. The van der Waals surface area contributed by atoms with E-state index in [4.69, 9.17) is 0 Å². The van der Waals surface area contributed by atoms with Crippen LogP contribution in [-0.2, 0) is 0 Å². The molecule has 3 rings (SSSR count). The lowest BCUT2D eigenvalue weighted by Crippen LogP contribution is -2.36. The SMILES string of the molecule is CC.c1ccc(N2CCN(CC3CCNCC3)C2)cc1. The first-order chi connectivity index (χ1) is 9.92. The van der Waals surface area contributed by atoms with Gasteiger partial charge in [0.05, 0.1) is 6.67 Å². The summed E-state index contributed by atoms with van der Waals surface area (Å²) in [5, 5.41) is 3.45. The summed E-state index contributed by atoms with van der Waals surface area (Å²) in [6, 6.07) is 10.8. The summed E-state index contributed by atoms with van der Waals surface area (Å²) in [4.78, 5) is 5.10. The first-order valence-electron chi connectivity index (χ1n) is 8.15. The van der Waals surface area contributed by atoms with Gasteiger partial charge in [0.1, 0.15) is 0 Å². The van der Waals surface area contributed by atoms with Crippen LogP contribution < -0.4 is 10.2 Å². The van der Waals surface area contributed by atoms with Gasteiger partial charge in [-0.3, -0.25) is 4.90 Å². The van der Waals surface area contributed by atoms with Crippen molar-refractivity contribution in [1.82, 2.24) is 10.2 Å². The van der Waals surface area contributed by atoms with E-state index >= 15 is 0 Å². The Kier molecular flexibility index (Phi) is 6.34. The van der Waals surface area contributed by atoms with Crippen molar-refractivity contribution in [2.45, 2.75) is 26.7 Å². The van der Waals surface area contributed by atoms with Crippen LogP contribution in [0.15, 0.2) is 30.3 Å². The molecule has 2 saturated heterocycles. The molecule has 0 saturated carbocycles. The summed E-state index contributed by atoms with van der Waals surface area (Å²) in [5.74, 6) is 0.905. The maximum Gasteiger partial charge on any atom is 0.0708 e. The summed E-state index contributed by atoms with van der Waals surface area (Å²) in [7, 11) is 0. The normalized spacial score (nSPS) is 20.6. The quantitative estimate of drug-likeness (QED) is 0.915. The lowest BCUT2D eigenvalue weighted by atomic mass is 9.98. The number of rotatable bonds is 3. The largest absolute Gasteiger partial charge is 0.357 e. The van der Waals surface area contributed by atoms with Crippen LogP contribution in [-0.4, -0.2) is 44.3 Å². The summed E-state index contributed by atoms with van der Waals surface area (Å²) in [6.07, 6.45) is 2.70. The van der Waals surface area contributed by atoms with Crippen LogP contribution in [0.3, 0.4) is 0 Å². The molecule has 20 heavy (non-hydrogen) atoms. The van der Waals surface area contributed by atoms with Crippen LogP contribution >= 0.6 is 0 Å². The fourth-order valence-corrected chi connectivity index (χ4v) is 3.07. The highest BCUT2D eigenvalue weighted by Crippen LogP contribution is 2.20. The molecule has 0 amide bonds. The average molecular weight is 275 g/mol. The highest BCUT2D eigenvalue weighted by atomic mass is 15.4. The lowest BCUT2D eigenvalue weighted by Gasteiger charge is -2.27. The molecular weight excluding hydrogens is 246 g/mol. The zero-order chi connectivity index (χ0) is 14.2. The van der Waals surface area contributed by atoms with E-state index in [-0.39, 0.29) is 0 Å². The van der Waals surface area contributed by atoms with E-state index in [1.54, 1.807) is 0 Å². The number of hydrogen-bond donors (Lipinski definition) is 1. The Bertz CT molecular complexity index is 360. The third kappa shape index (κ3) is 4.22. The maximum atomic E-state index is 3.45. The molecule has 0 aromatic heterocycles. The summed E-state index contributed by atoms with van der Waals surface area (Å²) in [6.45, 7) is 11.2. The summed E-state index contributed by atoms with van der Waals surface area (Å²) >= 11 is 0. The van der Waals surface area contributed by atoms with E-state index in [9.17, 15) is 0 Å². The Balaban J connectivity index is 0.000000704. The van der Waals surface area contributed by atoms with Crippen LogP contribution in [0.25, 0.3) is 0 Å². The molecule has 0 spiro atoms. The predicted octanol–water partition coefficient (Wildman–Crippen LogP) is 2.79. The third-order valence-electron chi connectivity index (χ3n) is 4.15. The minimum Gasteiger partial charge on any atom is -0.357 e. The molecule has 0 unspecified atom stereocenters. The zero-order valence-corrected chi connectivity index (χ0v) is 13.0. The zero-order valence-electron chi connectivity index (χ0n) is 13.0. The van der Waals surface area contributed by atoms with Gasteiger partial charge in [-0.1, -0.05) is 32.0 Å². The molecule has 3 heteroatoms. The van der Waals surface area contributed by atoms with Gasteiger partial charge in [0.15, 0.2) is 0 Å². The molecule has 1 aromatic rings. The van der Waals surface area contributed by atoms with E-state index in [0.29, 0.717) is 0 Å². The Morgan fingerprint density at radius 1 is 1.05 bits per heavy atom. The van der Waals surface area contributed by atoms with Crippen LogP contribution in [0.4, 0.5) is 5.69 Å². The van der Waals surface area contributed by atoms with Crippen molar-refractivity contribution in [3.05, 3.63) is 30.3 Å². The summed E-state index contributed by atoms with van der Waals surface area (Å²) < 4.78 is 0. The van der Waals surface area contributed by atoms with Crippen molar-refractivity contribution in [3.8, 4) is 0 Å². The Labute approximate surface area is 124 Å². The Hall–Kier alpha value is -1.06. The smallest absolute Gasteiger partial charge is 0.0708 e. The third-order valence-corrected chi connectivity index (χ3v) is 4.15. The molecule has 1 aromatic carbocycles. The highest BCUT2D eigenvalue weighted by Gasteiger charge is 2.23. The number of anilines is 1. The monoisotopic (exact) mass is 275 g/mol. The minimum atomic E-state index is 0.905. The van der Waals surface area contributed by atoms with Crippen molar-refractivity contribution in [2.75, 3.05) is 44.3 Å². The lowest BCUT2D eigenvalue weighted by molar-refractivity contribution is 0.242. The van der Waals surface area contributed by atoms with Crippen molar-refractivity contribution >= 4 is 5.69 Å². The van der Waals surface area contributed by atoms with Gasteiger partial charge in [-0.15, -0.1) is 0 Å². The van der Waals surface area contributed by atoms with Gasteiger partial charge in [-0.05, 0) is 44.0 Å². The maximum absolute atomic E-state index is 3.45. The molecule has 0 aliphatic carbocycles. The Morgan fingerprint density at radius 3 is 2.45 bits per heavy atom. The molecule has 2 aliphatic rings. The minimum absolute atomic E-state index is 0.905. The molecular formula is C17H29N3. The van der Waals surface area contributed by atoms with Gasteiger partial charge < -0.3 is 10.2 Å². The molecule has 2 aliphatic heterocycles. The molecule has 1 N–H and O–H groups in total. The molecule has 112 valence electrons. The Morgan fingerprint density at radius 2 is 1.75 bits per heavy atom. The van der Waals surface area contributed by atoms with E-state index in [1.165, 1.54) is 51.3 Å². The van der Waals surface area contributed by atoms with Gasteiger partial charge in [0.25, 0.3) is 0 Å². The predicted molar refractivity (Wildman–Crippen MR) is 87.2 cm³/mol. The number of benzene rings is 1. The van der Waals surface area contributed by atoms with Crippen molar-refractivity contribution in [2.24, 2.45) is 5.92 Å². The van der Waals surface area contributed by atoms with E-state index < -0.39 is 0 Å². The van der Waals surface area contributed by atoms with Gasteiger partial charge in [0.2, 0.25) is 0 Å². The number of nitrogens with one attached hydrogen (secondary N) is 1. The van der Waals surface area contributed by atoms with Gasteiger partial charge in [-0.25, -0.2) is 0 Å². The second-order valence-electron chi connectivity index (χ2n) is 5.51. The molecule has 2 heterocycles. The molecule has 2 fully saturated rings. The summed E-state index contributed by atoms with van der Waals surface area (Å²) in [5.41, 5.74) is 1.37. The van der Waals surface area contributed by atoms with E-state index in [1.807, 2.05) is 13.8 Å². The topological polar surface area (TPSA) is 18.5 Å². The van der Waals surface area contributed by atoms with Gasteiger partial charge in [-0.2, -0.15) is 0 Å². The van der Waals surface area contributed by atoms with Crippen molar-refractivity contribution in [1.29, 1.82) is 0 Å². The second-order valence-corrected chi connectivity index (χ2v) is 5.51. The molecule has 0 bridgehead atoms. The average Bonchev–Trinajstić information content (AvgIpc) is 3.00. The van der Waals surface area contributed by atoms with Crippen LogP contribution in [0.2, 0.25) is 0 Å². The van der Waals surface area contributed by atoms with Crippen LogP contribution in [0.5, 0.6) is 0 Å². The fraction of sp³-hybridized carbons (Fsp3) is 0.647.